The summed E-state index contributed by atoms with van der Waals surface area (Å²) in [6.07, 6.45) is 0. The molecule has 0 aliphatic heterocycles. The SMILES string of the molecule is Cc1cccc(C)c1OCCn1c(=O)oc(=O)c2cccc(C)c21. The molecule has 124 valence electrons. The molecule has 0 N–H and O–H groups in total. The largest absolute Gasteiger partial charge is 0.491 e. The summed E-state index contributed by atoms with van der Waals surface area (Å²) in [6, 6.07) is 11.2. The van der Waals surface area contributed by atoms with Crippen molar-refractivity contribution in [2.75, 3.05) is 6.61 Å². The molecule has 0 atom stereocenters. The fourth-order valence-electron chi connectivity index (χ4n) is 2.93. The van der Waals surface area contributed by atoms with Crippen molar-refractivity contribution in [3.63, 3.8) is 0 Å². The van der Waals surface area contributed by atoms with Crippen molar-refractivity contribution in [3.8, 4) is 5.75 Å². The van der Waals surface area contributed by atoms with Gasteiger partial charge in [0.1, 0.15) is 12.4 Å². The predicted octanol–water partition coefficient (Wildman–Crippen LogP) is 2.96. The molecule has 3 rings (SSSR count). The maximum Gasteiger partial charge on any atom is 0.422 e. The molecule has 0 aliphatic carbocycles. The molecule has 0 aliphatic rings. The highest BCUT2D eigenvalue weighted by Crippen LogP contribution is 2.22. The zero-order chi connectivity index (χ0) is 17.3. The quantitative estimate of drug-likeness (QED) is 0.740. The van der Waals surface area contributed by atoms with Gasteiger partial charge < -0.3 is 9.15 Å². The third-order valence-corrected chi connectivity index (χ3v) is 4.10. The van der Waals surface area contributed by atoms with E-state index in [0.29, 0.717) is 24.1 Å². The molecule has 0 spiro atoms. The summed E-state index contributed by atoms with van der Waals surface area (Å²) in [4.78, 5) is 24.0. The predicted molar refractivity (Wildman–Crippen MR) is 92.9 cm³/mol. The van der Waals surface area contributed by atoms with E-state index in [1.807, 2.05) is 45.0 Å². The van der Waals surface area contributed by atoms with Crippen molar-refractivity contribution in [1.29, 1.82) is 0 Å². The van der Waals surface area contributed by atoms with Crippen LogP contribution in [-0.4, -0.2) is 11.2 Å². The summed E-state index contributed by atoms with van der Waals surface area (Å²) >= 11 is 0. The van der Waals surface area contributed by atoms with E-state index in [4.69, 9.17) is 9.15 Å². The van der Waals surface area contributed by atoms with Gasteiger partial charge in [-0.2, -0.15) is 0 Å². The molecule has 24 heavy (non-hydrogen) atoms. The van der Waals surface area contributed by atoms with E-state index < -0.39 is 11.4 Å². The zero-order valence-electron chi connectivity index (χ0n) is 14.0. The molecule has 0 saturated heterocycles. The van der Waals surface area contributed by atoms with Gasteiger partial charge in [-0.3, -0.25) is 4.57 Å². The third-order valence-electron chi connectivity index (χ3n) is 4.10. The second-order valence-corrected chi connectivity index (χ2v) is 5.85. The van der Waals surface area contributed by atoms with Crippen LogP contribution in [0.3, 0.4) is 0 Å². The van der Waals surface area contributed by atoms with Crippen molar-refractivity contribution in [3.05, 3.63) is 74.1 Å². The van der Waals surface area contributed by atoms with Gasteiger partial charge in [-0.25, -0.2) is 9.59 Å². The molecular formula is C19H19NO4. The number of aromatic nitrogens is 1. The Hall–Kier alpha value is -2.82. The van der Waals surface area contributed by atoms with Gasteiger partial charge in [-0.1, -0.05) is 30.3 Å². The molecule has 0 fully saturated rings. The maximum atomic E-state index is 12.1. The van der Waals surface area contributed by atoms with Crippen LogP contribution >= 0.6 is 0 Å². The van der Waals surface area contributed by atoms with Gasteiger partial charge in [-0.15, -0.1) is 0 Å². The minimum absolute atomic E-state index is 0.303. The van der Waals surface area contributed by atoms with Gasteiger partial charge in [0.15, 0.2) is 0 Å². The van der Waals surface area contributed by atoms with E-state index in [0.717, 1.165) is 22.4 Å². The van der Waals surface area contributed by atoms with E-state index in [1.165, 1.54) is 4.57 Å². The van der Waals surface area contributed by atoms with Crippen molar-refractivity contribution >= 4 is 10.9 Å². The van der Waals surface area contributed by atoms with Gasteiger partial charge in [0.05, 0.1) is 17.4 Å². The number of hydrogen-bond acceptors (Lipinski definition) is 4. The van der Waals surface area contributed by atoms with Crippen LogP contribution in [0.5, 0.6) is 5.75 Å². The number of para-hydroxylation sites is 2. The molecule has 5 heteroatoms. The van der Waals surface area contributed by atoms with Crippen LogP contribution in [0.15, 0.2) is 50.4 Å². The monoisotopic (exact) mass is 325 g/mol. The first-order valence-corrected chi connectivity index (χ1v) is 7.81. The molecule has 0 radical (unpaired) electrons. The average molecular weight is 325 g/mol. The number of nitrogens with zero attached hydrogens (tertiary/aromatic N) is 1. The summed E-state index contributed by atoms with van der Waals surface area (Å²) < 4.78 is 12.1. The van der Waals surface area contributed by atoms with Crippen LogP contribution in [0.1, 0.15) is 16.7 Å². The second-order valence-electron chi connectivity index (χ2n) is 5.85. The van der Waals surface area contributed by atoms with Crippen LogP contribution < -0.4 is 16.1 Å². The fourth-order valence-corrected chi connectivity index (χ4v) is 2.93. The maximum absolute atomic E-state index is 12.1. The molecule has 1 aromatic heterocycles. The number of benzene rings is 2. The van der Waals surface area contributed by atoms with Crippen molar-refractivity contribution < 1.29 is 9.15 Å². The molecule has 0 bridgehead atoms. The molecule has 5 nitrogen and oxygen atoms in total. The van der Waals surface area contributed by atoms with E-state index >= 15 is 0 Å². The van der Waals surface area contributed by atoms with Crippen LogP contribution in [0, 0.1) is 20.8 Å². The summed E-state index contributed by atoms with van der Waals surface area (Å²) in [5, 5.41) is 0.404. The minimum Gasteiger partial charge on any atom is -0.491 e. The molecular weight excluding hydrogens is 306 g/mol. The highest BCUT2D eigenvalue weighted by molar-refractivity contribution is 5.80. The minimum atomic E-state index is -0.660. The molecule has 2 aromatic carbocycles. The van der Waals surface area contributed by atoms with Crippen LogP contribution in [-0.2, 0) is 6.54 Å². The van der Waals surface area contributed by atoms with E-state index in [2.05, 4.69) is 0 Å². The standard InChI is InChI=1S/C19H19NO4/c1-12-6-5-9-15-16(12)20(19(22)24-18(15)21)10-11-23-17-13(2)7-4-8-14(17)3/h4-9H,10-11H2,1-3H3. The Morgan fingerprint density at radius 1 is 0.958 bits per heavy atom. The lowest BCUT2D eigenvalue weighted by Crippen LogP contribution is -2.27. The number of ether oxygens (including phenoxy) is 1. The third kappa shape index (κ3) is 2.85. The van der Waals surface area contributed by atoms with E-state index in [1.54, 1.807) is 12.1 Å². The highest BCUT2D eigenvalue weighted by Gasteiger charge is 2.12. The Kier molecular flexibility index (Phi) is 4.25. The Morgan fingerprint density at radius 3 is 2.29 bits per heavy atom. The van der Waals surface area contributed by atoms with Crippen molar-refractivity contribution in [2.45, 2.75) is 27.3 Å². The lowest BCUT2D eigenvalue weighted by Gasteiger charge is -2.14. The summed E-state index contributed by atoms with van der Waals surface area (Å²) in [5.74, 6) is 0.163. The van der Waals surface area contributed by atoms with Crippen LogP contribution in [0.2, 0.25) is 0 Å². The molecule has 1 heterocycles. The van der Waals surface area contributed by atoms with Gasteiger partial charge >= 0.3 is 11.4 Å². The normalized spacial score (nSPS) is 11.0. The topological polar surface area (TPSA) is 61.4 Å². The summed E-state index contributed by atoms with van der Waals surface area (Å²) in [5.41, 5.74) is 2.94. The first-order valence-electron chi connectivity index (χ1n) is 7.81. The van der Waals surface area contributed by atoms with E-state index in [-0.39, 0.29) is 0 Å². The van der Waals surface area contributed by atoms with Crippen molar-refractivity contribution in [2.24, 2.45) is 0 Å². The number of hydrogen-bond donors (Lipinski definition) is 0. The average Bonchev–Trinajstić information content (AvgIpc) is 2.53. The van der Waals surface area contributed by atoms with Gasteiger partial charge in [-0.05, 0) is 43.5 Å². The van der Waals surface area contributed by atoms with Crippen LogP contribution in [0.25, 0.3) is 10.9 Å². The first-order chi connectivity index (χ1) is 11.5. The Bertz CT molecular complexity index is 994. The number of aryl methyl sites for hydroxylation is 3. The van der Waals surface area contributed by atoms with Gasteiger partial charge in [0.25, 0.3) is 0 Å². The smallest absolute Gasteiger partial charge is 0.422 e. The lowest BCUT2D eigenvalue weighted by molar-refractivity contribution is 0.284. The number of fused-ring (bicyclic) bond motifs is 1. The zero-order valence-corrected chi connectivity index (χ0v) is 14.0. The van der Waals surface area contributed by atoms with Gasteiger partial charge in [0.2, 0.25) is 0 Å². The first kappa shape index (κ1) is 16.1. The second kappa shape index (κ2) is 6.35. The number of rotatable bonds is 4. The molecule has 3 aromatic rings. The van der Waals surface area contributed by atoms with Crippen LogP contribution in [0.4, 0.5) is 0 Å². The molecule has 0 amide bonds. The Morgan fingerprint density at radius 2 is 1.58 bits per heavy atom. The lowest BCUT2D eigenvalue weighted by atomic mass is 10.1. The summed E-state index contributed by atoms with van der Waals surface area (Å²) in [6.45, 7) is 6.44. The molecule has 0 unspecified atom stereocenters. The fraction of sp³-hybridized carbons (Fsp3) is 0.263. The Balaban J connectivity index is 1.94. The van der Waals surface area contributed by atoms with E-state index in [9.17, 15) is 9.59 Å². The molecule has 0 saturated carbocycles. The summed E-state index contributed by atoms with van der Waals surface area (Å²) in [7, 11) is 0. The van der Waals surface area contributed by atoms with Gasteiger partial charge in [0, 0.05) is 0 Å². The highest BCUT2D eigenvalue weighted by atomic mass is 16.5. The Labute approximate surface area is 139 Å². The van der Waals surface area contributed by atoms with Crippen molar-refractivity contribution in [1.82, 2.24) is 4.57 Å².